The molecule has 0 spiro atoms. The second-order valence-corrected chi connectivity index (χ2v) is 8.97. The van der Waals surface area contributed by atoms with Gasteiger partial charge in [-0.15, -0.1) is 0 Å². The first-order chi connectivity index (χ1) is 17.8. The normalized spacial score (nSPS) is 13.0. The summed E-state index contributed by atoms with van der Waals surface area (Å²) in [6.07, 6.45) is 5.20. The van der Waals surface area contributed by atoms with Crippen LogP contribution in [-0.2, 0) is 11.3 Å². The molecule has 2 N–H and O–H groups in total. The molecule has 3 heterocycles. The number of benzene rings is 1. The van der Waals surface area contributed by atoms with Crippen molar-refractivity contribution in [2.45, 2.75) is 33.2 Å². The summed E-state index contributed by atoms with van der Waals surface area (Å²) in [7, 11) is 0. The smallest absolute Gasteiger partial charge is 0.253 e. The molecule has 2 amide bonds. The molecule has 0 radical (unpaired) electrons. The lowest BCUT2D eigenvalue weighted by Gasteiger charge is -2.14. The minimum atomic E-state index is -1.06. The van der Waals surface area contributed by atoms with E-state index in [0.717, 1.165) is 18.9 Å². The predicted octanol–water partition coefficient (Wildman–Crippen LogP) is 4.06. The molecular weight excluding hydrogens is 482 g/mol. The van der Waals surface area contributed by atoms with Gasteiger partial charge in [-0.1, -0.05) is 6.07 Å². The van der Waals surface area contributed by atoms with Crippen LogP contribution in [0.2, 0.25) is 0 Å². The van der Waals surface area contributed by atoms with E-state index in [4.69, 9.17) is 4.74 Å². The van der Waals surface area contributed by atoms with Crippen molar-refractivity contribution in [3.8, 4) is 17.0 Å². The number of amides is 2. The molecule has 5 rings (SSSR count). The molecule has 1 aliphatic rings. The van der Waals surface area contributed by atoms with Crippen molar-refractivity contribution in [3.05, 3.63) is 71.2 Å². The average Bonchev–Trinajstić information content (AvgIpc) is 3.61. The highest BCUT2D eigenvalue weighted by Gasteiger charge is 2.24. The van der Waals surface area contributed by atoms with Crippen LogP contribution >= 0.6 is 0 Å². The second kappa shape index (κ2) is 9.92. The molecule has 0 aliphatic heterocycles. The highest BCUT2D eigenvalue weighted by molar-refractivity contribution is 5.96. The Morgan fingerprint density at radius 2 is 2.00 bits per heavy atom. The number of ether oxygens (including phenoxy) is 1. The SMILES string of the molecule is CC(=O)Nc1cn2nc(-c3cnc(C)c(C(=O)NCc4ccc(F)c(F)c4OCC4CC4)c3)ccc2n1. The fraction of sp³-hybridized carbons (Fsp3) is 0.269. The maximum Gasteiger partial charge on any atom is 0.253 e. The standard InChI is InChI=1S/C26H24F2N6O3/c1-14-19(26(36)30-10-17-5-6-20(27)24(28)25(17)37-13-16-3-4-16)9-18(11-29-14)21-7-8-23-32-22(31-15(2)35)12-34(23)33-21/h5-9,11-12,16H,3-4,10,13H2,1-2H3,(H,30,36)(H,31,35). The molecule has 190 valence electrons. The first-order valence-electron chi connectivity index (χ1n) is 11.8. The molecule has 0 atom stereocenters. The van der Waals surface area contributed by atoms with Crippen LogP contribution in [0, 0.1) is 24.5 Å². The van der Waals surface area contributed by atoms with E-state index in [9.17, 15) is 18.4 Å². The largest absolute Gasteiger partial charge is 0.490 e. The number of hydrogen-bond acceptors (Lipinski definition) is 6. The third-order valence-electron chi connectivity index (χ3n) is 5.98. The molecule has 4 aromatic rings. The summed E-state index contributed by atoms with van der Waals surface area (Å²) < 4.78 is 35.3. The summed E-state index contributed by atoms with van der Waals surface area (Å²) in [4.78, 5) is 33.0. The van der Waals surface area contributed by atoms with E-state index in [1.54, 1.807) is 37.5 Å². The molecular formula is C26H24F2N6O3. The lowest BCUT2D eigenvalue weighted by atomic mass is 10.1. The van der Waals surface area contributed by atoms with Crippen LogP contribution in [0.15, 0.2) is 42.7 Å². The molecule has 0 bridgehead atoms. The number of halogens is 2. The molecule has 0 unspecified atom stereocenters. The fourth-order valence-electron chi connectivity index (χ4n) is 3.80. The van der Waals surface area contributed by atoms with E-state index in [-0.39, 0.29) is 18.2 Å². The van der Waals surface area contributed by atoms with Gasteiger partial charge in [0.05, 0.1) is 29.8 Å². The van der Waals surface area contributed by atoms with Gasteiger partial charge in [0.15, 0.2) is 23.0 Å². The lowest BCUT2D eigenvalue weighted by molar-refractivity contribution is -0.114. The quantitative estimate of drug-likeness (QED) is 0.373. The number of carbonyl (C=O) groups excluding carboxylic acids is 2. The number of anilines is 1. The van der Waals surface area contributed by atoms with Crippen LogP contribution in [-0.4, -0.2) is 38.0 Å². The Kier molecular flexibility index (Phi) is 6.51. The van der Waals surface area contributed by atoms with Gasteiger partial charge >= 0.3 is 0 Å². The number of carbonyl (C=O) groups is 2. The number of rotatable bonds is 8. The molecule has 1 saturated carbocycles. The maximum atomic E-state index is 14.4. The zero-order chi connectivity index (χ0) is 26.1. The van der Waals surface area contributed by atoms with E-state index in [2.05, 4.69) is 25.7 Å². The Hall–Kier alpha value is -4.41. The molecule has 0 saturated heterocycles. The van der Waals surface area contributed by atoms with Crippen LogP contribution < -0.4 is 15.4 Å². The Morgan fingerprint density at radius 3 is 2.76 bits per heavy atom. The second-order valence-electron chi connectivity index (χ2n) is 8.97. The number of pyridine rings is 1. The summed E-state index contributed by atoms with van der Waals surface area (Å²) in [6.45, 7) is 3.35. The molecule has 1 aromatic carbocycles. The van der Waals surface area contributed by atoms with Gasteiger partial charge in [-0.05, 0) is 49.9 Å². The summed E-state index contributed by atoms with van der Waals surface area (Å²) in [5.41, 5.74) is 2.82. The Labute approximate surface area is 210 Å². The van der Waals surface area contributed by atoms with Gasteiger partial charge in [0, 0.05) is 30.8 Å². The van der Waals surface area contributed by atoms with E-state index in [1.807, 2.05) is 0 Å². The predicted molar refractivity (Wildman–Crippen MR) is 131 cm³/mol. The van der Waals surface area contributed by atoms with E-state index in [0.29, 0.717) is 52.1 Å². The molecule has 1 fully saturated rings. The summed E-state index contributed by atoms with van der Waals surface area (Å²) in [5.74, 6) is -2.18. The van der Waals surface area contributed by atoms with E-state index >= 15 is 0 Å². The van der Waals surface area contributed by atoms with Gasteiger partial charge in [-0.3, -0.25) is 14.6 Å². The zero-order valence-corrected chi connectivity index (χ0v) is 20.2. The van der Waals surface area contributed by atoms with Gasteiger partial charge < -0.3 is 15.4 Å². The number of imidazole rings is 1. The highest BCUT2D eigenvalue weighted by Crippen LogP contribution is 2.32. The number of nitrogens with one attached hydrogen (secondary N) is 2. The molecule has 9 nitrogen and oxygen atoms in total. The zero-order valence-electron chi connectivity index (χ0n) is 20.2. The molecule has 11 heteroatoms. The Morgan fingerprint density at radius 1 is 1.19 bits per heavy atom. The van der Waals surface area contributed by atoms with E-state index in [1.165, 1.54) is 17.5 Å². The van der Waals surface area contributed by atoms with Gasteiger partial charge in [-0.2, -0.15) is 9.49 Å². The monoisotopic (exact) mass is 506 g/mol. The van der Waals surface area contributed by atoms with Crippen molar-refractivity contribution in [1.82, 2.24) is 24.9 Å². The van der Waals surface area contributed by atoms with Crippen LogP contribution in [0.3, 0.4) is 0 Å². The molecule has 3 aromatic heterocycles. The van der Waals surface area contributed by atoms with Crippen LogP contribution in [0.25, 0.3) is 16.9 Å². The minimum absolute atomic E-state index is 0.0507. The average molecular weight is 507 g/mol. The minimum Gasteiger partial charge on any atom is -0.490 e. The number of aryl methyl sites for hydroxylation is 1. The summed E-state index contributed by atoms with van der Waals surface area (Å²) >= 11 is 0. The van der Waals surface area contributed by atoms with Crippen molar-refractivity contribution in [1.29, 1.82) is 0 Å². The highest BCUT2D eigenvalue weighted by atomic mass is 19.2. The van der Waals surface area contributed by atoms with Gasteiger partial charge in [-0.25, -0.2) is 13.9 Å². The number of aromatic nitrogens is 4. The topological polar surface area (TPSA) is 111 Å². The van der Waals surface area contributed by atoms with Crippen LogP contribution in [0.4, 0.5) is 14.6 Å². The van der Waals surface area contributed by atoms with Crippen LogP contribution in [0.5, 0.6) is 5.75 Å². The first kappa shape index (κ1) is 24.3. The molecule has 1 aliphatic carbocycles. The third-order valence-corrected chi connectivity index (χ3v) is 5.98. The maximum absolute atomic E-state index is 14.4. The molecule has 37 heavy (non-hydrogen) atoms. The Balaban J connectivity index is 1.35. The Bertz CT molecular complexity index is 1520. The van der Waals surface area contributed by atoms with Gasteiger partial charge in [0.25, 0.3) is 5.91 Å². The van der Waals surface area contributed by atoms with Crippen molar-refractivity contribution in [2.75, 3.05) is 11.9 Å². The third kappa shape index (κ3) is 5.40. The van der Waals surface area contributed by atoms with Crippen molar-refractivity contribution in [2.24, 2.45) is 5.92 Å². The lowest BCUT2D eigenvalue weighted by Crippen LogP contribution is -2.24. The number of fused-ring (bicyclic) bond motifs is 1. The fourth-order valence-corrected chi connectivity index (χ4v) is 3.80. The van der Waals surface area contributed by atoms with Gasteiger partial charge in [0.1, 0.15) is 0 Å². The van der Waals surface area contributed by atoms with Crippen LogP contribution in [0.1, 0.15) is 41.4 Å². The van der Waals surface area contributed by atoms with Gasteiger partial charge in [0.2, 0.25) is 11.7 Å². The number of hydrogen-bond donors (Lipinski definition) is 2. The van der Waals surface area contributed by atoms with Crippen molar-refractivity contribution >= 4 is 23.3 Å². The van der Waals surface area contributed by atoms with Crippen molar-refractivity contribution in [3.63, 3.8) is 0 Å². The summed E-state index contributed by atoms with van der Waals surface area (Å²) in [6, 6.07) is 7.55. The summed E-state index contributed by atoms with van der Waals surface area (Å²) in [5, 5.41) is 9.87. The first-order valence-corrected chi connectivity index (χ1v) is 11.8. The number of nitrogens with zero attached hydrogens (tertiary/aromatic N) is 4. The van der Waals surface area contributed by atoms with Crippen molar-refractivity contribution < 1.29 is 23.1 Å². The van der Waals surface area contributed by atoms with E-state index < -0.39 is 17.5 Å².